The van der Waals surface area contributed by atoms with Crippen molar-refractivity contribution in [2.45, 2.75) is 18.9 Å². The number of halogens is 1. The van der Waals surface area contributed by atoms with E-state index in [0.29, 0.717) is 6.04 Å². The van der Waals surface area contributed by atoms with E-state index >= 15 is 0 Å². The molecule has 2 rings (SSSR count). The van der Waals surface area contributed by atoms with Gasteiger partial charge in [-0.05, 0) is 39.1 Å². The first-order valence-electron chi connectivity index (χ1n) is 6.34. The van der Waals surface area contributed by atoms with Crippen molar-refractivity contribution in [2.75, 3.05) is 32.1 Å². The smallest absolute Gasteiger partial charge is 0.293 e. The third-order valence-electron chi connectivity index (χ3n) is 3.60. The van der Waals surface area contributed by atoms with Crippen LogP contribution >= 0.6 is 15.9 Å². The van der Waals surface area contributed by atoms with E-state index in [0.717, 1.165) is 36.1 Å². The molecule has 0 spiro atoms. The highest BCUT2D eigenvalue weighted by Crippen LogP contribution is 2.33. The van der Waals surface area contributed by atoms with Crippen LogP contribution in [0.3, 0.4) is 0 Å². The average Bonchev–Trinajstić information content (AvgIpc) is 2.38. The van der Waals surface area contributed by atoms with E-state index in [4.69, 9.17) is 0 Å². The molecule has 1 fully saturated rings. The molecule has 1 aromatic rings. The van der Waals surface area contributed by atoms with Crippen LogP contribution in [0.4, 0.5) is 11.4 Å². The molecule has 0 aliphatic carbocycles. The normalized spacial score (nSPS) is 19.8. The standard InChI is InChI=1S/C13H18BrN3O2/c1-15(2)11-4-3-7-16(9-11)12-6-5-10(14)8-13(12)17(18)19/h5-6,8,11H,3-4,7,9H2,1-2H3. The summed E-state index contributed by atoms with van der Waals surface area (Å²) in [5, 5.41) is 11.2. The molecule has 1 saturated heterocycles. The zero-order valence-electron chi connectivity index (χ0n) is 11.2. The van der Waals surface area contributed by atoms with Crippen molar-refractivity contribution in [2.24, 2.45) is 0 Å². The Labute approximate surface area is 121 Å². The monoisotopic (exact) mass is 327 g/mol. The van der Waals surface area contributed by atoms with E-state index in [9.17, 15) is 10.1 Å². The topological polar surface area (TPSA) is 49.6 Å². The molecule has 0 aromatic heterocycles. The van der Waals surface area contributed by atoms with Gasteiger partial charge in [-0.25, -0.2) is 0 Å². The van der Waals surface area contributed by atoms with Crippen LogP contribution in [0.5, 0.6) is 0 Å². The van der Waals surface area contributed by atoms with Crippen LogP contribution in [0, 0.1) is 10.1 Å². The molecule has 0 N–H and O–H groups in total. The number of nitrogens with zero attached hydrogens (tertiary/aromatic N) is 3. The van der Waals surface area contributed by atoms with Crippen LogP contribution in [0.25, 0.3) is 0 Å². The van der Waals surface area contributed by atoms with Gasteiger partial charge >= 0.3 is 0 Å². The number of likely N-dealkylation sites (N-methyl/N-ethyl adjacent to an activating group) is 1. The number of benzene rings is 1. The number of rotatable bonds is 3. The Morgan fingerprint density at radius 1 is 1.47 bits per heavy atom. The van der Waals surface area contributed by atoms with E-state index in [1.165, 1.54) is 0 Å². The molecule has 0 bridgehead atoms. The van der Waals surface area contributed by atoms with Crippen LogP contribution in [-0.4, -0.2) is 43.0 Å². The lowest BCUT2D eigenvalue weighted by Crippen LogP contribution is -2.45. The highest BCUT2D eigenvalue weighted by Gasteiger charge is 2.26. The largest absolute Gasteiger partial charge is 0.364 e. The number of piperidine rings is 1. The van der Waals surface area contributed by atoms with E-state index in [1.807, 2.05) is 12.1 Å². The summed E-state index contributed by atoms with van der Waals surface area (Å²) in [5.74, 6) is 0. The summed E-state index contributed by atoms with van der Waals surface area (Å²) in [7, 11) is 4.12. The van der Waals surface area contributed by atoms with E-state index in [-0.39, 0.29) is 10.6 Å². The second-order valence-corrected chi connectivity index (χ2v) is 6.01. The molecule has 0 amide bonds. The molecule has 1 aliphatic heterocycles. The van der Waals surface area contributed by atoms with Crippen molar-refractivity contribution in [1.29, 1.82) is 0 Å². The lowest BCUT2D eigenvalue weighted by molar-refractivity contribution is -0.384. The molecule has 0 saturated carbocycles. The zero-order valence-corrected chi connectivity index (χ0v) is 12.8. The van der Waals surface area contributed by atoms with Gasteiger partial charge in [0, 0.05) is 29.7 Å². The minimum absolute atomic E-state index is 0.175. The van der Waals surface area contributed by atoms with Crippen molar-refractivity contribution in [3.63, 3.8) is 0 Å². The molecule has 1 aliphatic rings. The first kappa shape index (κ1) is 14.3. The highest BCUT2D eigenvalue weighted by molar-refractivity contribution is 9.10. The van der Waals surface area contributed by atoms with E-state index in [1.54, 1.807) is 6.07 Å². The fourth-order valence-corrected chi connectivity index (χ4v) is 2.85. The summed E-state index contributed by atoms with van der Waals surface area (Å²) in [4.78, 5) is 15.2. The predicted molar refractivity (Wildman–Crippen MR) is 79.7 cm³/mol. The van der Waals surface area contributed by atoms with E-state index in [2.05, 4.69) is 39.8 Å². The molecule has 5 nitrogen and oxygen atoms in total. The van der Waals surface area contributed by atoms with Gasteiger partial charge in [0.15, 0.2) is 0 Å². The van der Waals surface area contributed by atoms with Gasteiger partial charge in [0.05, 0.1) is 4.92 Å². The molecule has 0 radical (unpaired) electrons. The van der Waals surface area contributed by atoms with Gasteiger partial charge in [-0.3, -0.25) is 10.1 Å². The summed E-state index contributed by atoms with van der Waals surface area (Å²) in [6.07, 6.45) is 2.21. The van der Waals surface area contributed by atoms with Crippen molar-refractivity contribution in [1.82, 2.24) is 4.90 Å². The van der Waals surface area contributed by atoms with Gasteiger partial charge in [-0.1, -0.05) is 15.9 Å². The van der Waals surface area contributed by atoms with Crippen LogP contribution in [0.15, 0.2) is 22.7 Å². The first-order chi connectivity index (χ1) is 8.99. The quantitative estimate of drug-likeness (QED) is 0.632. The maximum Gasteiger partial charge on any atom is 0.293 e. The maximum atomic E-state index is 11.2. The Morgan fingerprint density at radius 2 is 2.21 bits per heavy atom. The second kappa shape index (κ2) is 5.88. The number of nitro benzene ring substituents is 1. The molecule has 1 heterocycles. The summed E-state index contributed by atoms with van der Waals surface area (Å²) in [5.41, 5.74) is 0.897. The Kier molecular flexibility index (Phi) is 4.42. The SMILES string of the molecule is CN(C)C1CCCN(c2ccc(Br)cc2[N+](=O)[O-])C1. The Balaban J connectivity index is 2.28. The summed E-state index contributed by atoms with van der Waals surface area (Å²) >= 11 is 3.29. The van der Waals surface area contributed by atoms with Crippen LogP contribution in [0.1, 0.15) is 12.8 Å². The molecule has 6 heteroatoms. The van der Waals surface area contributed by atoms with Crippen molar-refractivity contribution >= 4 is 27.3 Å². The molecular formula is C13H18BrN3O2. The number of anilines is 1. The van der Waals surface area contributed by atoms with Crippen LogP contribution in [0.2, 0.25) is 0 Å². The first-order valence-corrected chi connectivity index (χ1v) is 7.13. The lowest BCUT2D eigenvalue weighted by atomic mass is 10.0. The second-order valence-electron chi connectivity index (χ2n) is 5.10. The van der Waals surface area contributed by atoms with E-state index < -0.39 is 0 Å². The molecule has 1 aromatic carbocycles. The fourth-order valence-electron chi connectivity index (χ4n) is 2.51. The average molecular weight is 328 g/mol. The number of hydrogen-bond donors (Lipinski definition) is 0. The number of hydrogen-bond acceptors (Lipinski definition) is 4. The van der Waals surface area contributed by atoms with Gasteiger partial charge in [-0.15, -0.1) is 0 Å². The Bertz CT molecular complexity index is 479. The molecule has 19 heavy (non-hydrogen) atoms. The predicted octanol–water partition coefficient (Wildman–Crippen LogP) is 2.89. The van der Waals surface area contributed by atoms with Gasteiger partial charge in [-0.2, -0.15) is 0 Å². The maximum absolute atomic E-state index is 11.2. The highest BCUT2D eigenvalue weighted by atomic mass is 79.9. The zero-order chi connectivity index (χ0) is 14.0. The molecule has 1 unspecified atom stereocenters. The van der Waals surface area contributed by atoms with Gasteiger partial charge in [0.2, 0.25) is 0 Å². The third-order valence-corrected chi connectivity index (χ3v) is 4.09. The minimum Gasteiger partial charge on any atom is -0.364 e. The summed E-state index contributed by atoms with van der Waals surface area (Å²) in [6, 6.07) is 5.73. The van der Waals surface area contributed by atoms with Gasteiger partial charge in [0.25, 0.3) is 5.69 Å². The van der Waals surface area contributed by atoms with Crippen molar-refractivity contribution in [3.8, 4) is 0 Å². The van der Waals surface area contributed by atoms with Gasteiger partial charge in [0.1, 0.15) is 5.69 Å². The minimum atomic E-state index is -0.306. The lowest BCUT2D eigenvalue weighted by Gasteiger charge is -2.37. The summed E-state index contributed by atoms with van der Waals surface area (Å²) < 4.78 is 0.740. The van der Waals surface area contributed by atoms with Crippen LogP contribution < -0.4 is 4.90 Å². The third kappa shape index (κ3) is 3.25. The fraction of sp³-hybridized carbons (Fsp3) is 0.538. The number of nitro groups is 1. The summed E-state index contributed by atoms with van der Waals surface area (Å²) in [6.45, 7) is 1.72. The van der Waals surface area contributed by atoms with Crippen molar-refractivity contribution in [3.05, 3.63) is 32.8 Å². The van der Waals surface area contributed by atoms with Crippen molar-refractivity contribution < 1.29 is 4.92 Å². The Morgan fingerprint density at radius 3 is 2.84 bits per heavy atom. The van der Waals surface area contributed by atoms with Crippen LogP contribution in [-0.2, 0) is 0 Å². The molecule has 104 valence electrons. The van der Waals surface area contributed by atoms with Gasteiger partial charge < -0.3 is 9.80 Å². The Hall–Kier alpha value is -1.14. The molecular weight excluding hydrogens is 310 g/mol. The molecule has 1 atom stereocenters.